The van der Waals surface area contributed by atoms with Gasteiger partial charge < -0.3 is 10.0 Å². The molecule has 1 aromatic carbocycles. The van der Waals surface area contributed by atoms with Gasteiger partial charge in [0.1, 0.15) is 5.82 Å². The first-order chi connectivity index (χ1) is 9.06. The number of rotatable bonds is 1. The number of carbonyl (C=O) groups is 1. The third-order valence-corrected chi connectivity index (χ3v) is 4.40. The van der Waals surface area contributed by atoms with Crippen LogP contribution < -0.4 is 0 Å². The zero-order chi connectivity index (χ0) is 13.6. The van der Waals surface area contributed by atoms with Crippen LogP contribution in [0.15, 0.2) is 18.2 Å². The number of hydrogen-bond donors (Lipinski definition) is 1. The molecule has 2 saturated heterocycles. The fourth-order valence-corrected chi connectivity index (χ4v) is 3.44. The first-order valence-corrected chi connectivity index (χ1v) is 6.90. The number of fused-ring (bicyclic) bond motifs is 2. The van der Waals surface area contributed by atoms with E-state index in [9.17, 15) is 14.3 Å². The van der Waals surface area contributed by atoms with Crippen molar-refractivity contribution < 1.29 is 14.3 Å². The minimum atomic E-state index is -0.518. The summed E-state index contributed by atoms with van der Waals surface area (Å²) in [4.78, 5) is 14.3. The summed E-state index contributed by atoms with van der Waals surface area (Å²) in [5.41, 5.74) is 0.416. The first-order valence-electron chi connectivity index (χ1n) is 6.52. The second kappa shape index (κ2) is 4.76. The highest BCUT2D eigenvalue weighted by Crippen LogP contribution is 2.37. The van der Waals surface area contributed by atoms with Gasteiger partial charge in [-0.05, 0) is 43.9 Å². The van der Waals surface area contributed by atoms with Gasteiger partial charge in [0.05, 0.1) is 11.1 Å². The van der Waals surface area contributed by atoms with Crippen molar-refractivity contribution in [2.75, 3.05) is 0 Å². The Labute approximate surface area is 116 Å². The van der Waals surface area contributed by atoms with Crippen LogP contribution in [0.3, 0.4) is 0 Å². The number of aliphatic hydroxyl groups is 1. The molecule has 2 unspecified atom stereocenters. The molecular weight excluding hydrogens is 269 g/mol. The van der Waals surface area contributed by atoms with Gasteiger partial charge in [-0.25, -0.2) is 4.39 Å². The first kappa shape index (κ1) is 12.9. The lowest BCUT2D eigenvalue weighted by molar-refractivity contribution is 0.0287. The van der Waals surface area contributed by atoms with Crippen LogP contribution in [-0.2, 0) is 0 Å². The Morgan fingerprint density at radius 3 is 2.53 bits per heavy atom. The number of nitrogens with zero attached hydrogens (tertiary/aromatic N) is 1. The molecule has 2 aliphatic rings. The molecule has 2 fully saturated rings. The van der Waals surface area contributed by atoms with Crippen molar-refractivity contribution in [1.82, 2.24) is 4.90 Å². The van der Waals surface area contributed by atoms with Crippen LogP contribution in [0.25, 0.3) is 0 Å². The average Bonchev–Trinajstić information content (AvgIpc) is 2.64. The van der Waals surface area contributed by atoms with E-state index in [4.69, 9.17) is 11.6 Å². The third-order valence-electron chi connectivity index (χ3n) is 4.11. The highest BCUT2D eigenvalue weighted by atomic mass is 35.5. The second-order valence-corrected chi connectivity index (χ2v) is 5.76. The number of hydrogen-bond acceptors (Lipinski definition) is 2. The Hall–Kier alpha value is -1.13. The second-order valence-electron chi connectivity index (χ2n) is 5.35. The molecule has 1 aromatic rings. The molecule has 0 saturated carbocycles. The van der Waals surface area contributed by atoms with Crippen molar-refractivity contribution in [2.45, 2.75) is 43.9 Å². The molecule has 2 bridgehead atoms. The van der Waals surface area contributed by atoms with Gasteiger partial charge in [0, 0.05) is 17.6 Å². The fourth-order valence-electron chi connectivity index (χ4n) is 3.26. The van der Waals surface area contributed by atoms with E-state index in [1.807, 2.05) is 4.90 Å². The lowest BCUT2D eigenvalue weighted by Crippen LogP contribution is -2.48. The van der Waals surface area contributed by atoms with Gasteiger partial charge >= 0.3 is 0 Å². The molecule has 1 amide bonds. The van der Waals surface area contributed by atoms with Crippen molar-refractivity contribution in [3.63, 3.8) is 0 Å². The van der Waals surface area contributed by atoms with E-state index in [2.05, 4.69) is 0 Å². The predicted octanol–water partition coefficient (Wildman–Crippen LogP) is 2.61. The lowest BCUT2D eigenvalue weighted by atomic mass is 9.99. The van der Waals surface area contributed by atoms with Crippen molar-refractivity contribution in [3.8, 4) is 0 Å². The standard InChI is InChI=1S/C14H15ClFNO2/c15-12-5-8(1-4-13(12)16)14(19)17-9-2-3-10(17)7-11(18)6-9/h1,4-5,9-11,18H,2-3,6-7H2. The SMILES string of the molecule is O=C(c1ccc(F)c(Cl)c1)N1C2CCC1CC(O)C2. The van der Waals surface area contributed by atoms with E-state index in [-0.39, 0.29) is 29.1 Å². The van der Waals surface area contributed by atoms with Crippen LogP contribution >= 0.6 is 11.6 Å². The van der Waals surface area contributed by atoms with E-state index in [0.717, 1.165) is 12.8 Å². The van der Waals surface area contributed by atoms with Crippen molar-refractivity contribution in [2.24, 2.45) is 0 Å². The van der Waals surface area contributed by atoms with E-state index in [1.165, 1.54) is 18.2 Å². The fraction of sp³-hybridized carbons (Fsp3) is 0.500. The van der Waals surface area contributed by atoms with E-state index < -0.39 is 5.82 Å². The highest BCUT2D eigenvalue weighted by molar-refractivity contribution is 6.31. The summed E-state index contributed by atoms with van der Waals surface area (Å²) in [5.74, 6) is -0.628. The molecule has 0 aromatic heterocycles. The number of aliphatic hydroxyl groups excluding tert-OH is 1. The van der Waals surface area contributed by atoms with Crippen molar-refractivity contribution in [1.29, 1.82) is 0 Å². The Kier molecular flexibility index (Phi) is 3.23. The van der Waals surface area contributed by atoms with Gasteiger partial charge in [0.15, 0.2) is 0 Å². The van der Waals surface area contributed by atoms with Crippen LogP contribution in [0.5, 0.6) is 0 Å². The topological polar surface area (TPSA) is 40.5 Å². The van der Waals surface area contributed by atoms with Gasteiger partial charge in [0.2, 0.25) is 0 Å². The zero-order valence-corrected chi connectivity index (χ0v) is 11.1. The molecule has 0 aliphatic carbocycles. The maximum atomic E-state index is 13.1. The van der Waals surface area contributed by atoms with Gasteiger partial charge in [-0.15, -0.1) is 0 Å². The summed E-state index contributed by atoms with van der Waals surface area (Å²) >= 11 is 5.72. The summed E-state index contributed by atoms with van der Waals surface area (Å²) in [6.07, 6.45) is 2.83. The molecule has 3 nitrogen and oxygen atoms in total. The van der Waals surface area contributed by atoms with Crippen LogP contribution in [0.4, 0.5) is 4.39 Å². The molecule has 2 aliphatic heterocycles. The Morgan fingerprint density at radius 2 is 1.95 bits per heavy atom. The molecule has 1 N–H and O–H groups in total. The molecule has 0 radical (unpaired) electrons. The summed E-state index contributed by atoms with van der Waals surface area (Å²) in [5, 5.41) is 9.70. The van der Waals surface area contributed by atoms with Gasteiger partial charge in [-0.3, -0.25) is 4.79 Å². The molecule has 2 atom stereocenters. The summed E-state index contributed by atoms with van der Waals surface area (Å²) in [6.45, 7) is 0. The maximum Gasteiger partial charge on any atom is 0.254 e. The number of piperidine rings is 1. The maximum absolute atomic E-state index is 13.1. The van der Waals surface area contributed by atoms with Gasteiger partial charge in [-0.2, -0.15) is 0 Å². The predicted molar refractivity (Wildman–Crippen MR) is 69.6 cm³/mol. The van der Waals surface area contributed by atoms with Gasteiger partial charge in [-0.1, -0.05) is 11.6 Å². The highest BCUT2D eigenvalue weighted by Gasteiger charge is 2.42. The summed E-state index contributed by atoms with van der Waals surface area (Å²) in [6, 6.07) is 4.27. The summed E-state index contributed by atoms with van der Waals surface area (Å²) < 4.78 is 13.1. The number of carbonyl (C=O) groups excluding carboxylic acids is 1. The number of benzene rings is 1. The van der Waals surface area contributed by atoms with Gasteiger partial charge in [0.25, 0.3) is 5.91 Å². The quantitative estimate of drug-likeness (QED) is 0.861. The smallest absolute Gasteiger partial charge is 0.254 e. The van der Waals surface area contributed by atoms with Crippen molar-refractivity contribution >= 4 is 17.5 Å². The van der Waals surface area contributed by atoms with E-state index in [0.29, 0.717) is 18.4 Å². The molecule has 0 spiro atoms. The Morgan fingerprint density at radius 1 is 1.32 bits per heavy atom. The van der Waals surface area contributed by atoms with Crippen LogP contribution in [0.2, 0.25) is 5.02 Å². The largest absolute Gasteiger partial charge is 0.393 e. The number of halogens is 2. The zero-order valence-electron chi connectivity index (χ0n) is 10.4. The van der Waals surface area contributed by atoms with E-state index in [1.54, 1.807) is 0 Å². The normalized spacial score (nSPS) is 29.6. The minimum absolute atomic E-state index is 0.0322. The lowest BCUT2D eigenvalue weighted by Gasteiger charge is -2.37. The van der Waals surface area contributed by atoms with E-state index >= 15 is 0 Å². The molecule has 3 rings (SSSR count). The third kappa shape index (κ3) is 2.23. The molecule has 102 valence electrons. The Balaban J connectivity index is 1.86. The Bertz CT molecular complexity index is 508. The number of amides is 1. The van der Waals surface area contributed by atoms with Crippen LogP contribution in [-0.4, -0.2) is 34.1 Å². The average molecular weight is 284 g/mol. The molecule has 5 heteroatoms. The molecule has 2 heterocycles. The molecular formula is C14H15ClFNO2. The monoisotopic (exact) mass is 283 g/mol. The summed E-state index contributed by atoms with van der Waals surface area (Å²) in [7, 11) is 0. The van der Waals surface area contributed by atoms with Crippen molar-refractivity contribution in [3.05, 3.63) is 34.6 Å². The molecule has 19 heavy (non-hydrogen) atoms. The minimum Gasteiger partial charge on any atom is -0.393 e. The van der Waals surface area contributed by atoms with Crippen LogP contribution in [0, 0.1) is 5.82 Å². The van der Waals surface area contributed by atoms with Crippen LogP contribution in [0.1, 0.15) is 36.0 Å².